The average Bonchev–Trinajstić information content (AvgIpc) is 2.82. The lowest BCUT2D eigenvalue weighted by Gasteiger charge is -2.15. The molecule has 20 heavy (non-hydrogen) atoms. The summed E-state index contributed by atoms with van der Waals surface area (Å²) >= 11 is 0. The molecule has 0 bridgehead atoms. The van der Waals surface area contributed by atoms with E-state index in [-0.39, 0.29) is 18.7 Å². The van der Waals surface area contributed by atoms with E-state index in [4.69, 9.17) is 10.3 Å². The number of aliphatic hydroxyl groups is 1. The molecule has 1 aromatic rings. The summed E-state index contributed by atoms with van der Waals surface area (Å²) in [6, 6.07) is -0.563. The van der Waals surface area contributed by atoms with E-state index in [0.29, 0.717) is 0 Å². The molecule has 1 aliphatic heterocycles. The lowest BCUT2D eigenvalue weighted by Crippen LogP contribution is -2.33. The first-order valence-corrected chi connectivity index (χ1v) is 5.94. The van der Waals surface area contributed by atoms with Crippen molar-refractivity contribution in [3.63, 3.8) is 0 Å². The number of aliphatic hydroxyl groups excluding tert-OH is 1. The monoisotopic (exact) mass is 282 g/mol. The quantitative estimate of drug-likeness (QED) is 0.388. The van der Waals surface area contributed by atoms with Crippen molar-refractivity contribution in [2.45, 2.75) is 24.8 Å². The number of rotatable bonds is 4. The summed E-state index contributed by atoms with van der Waals surface area (Å²) in [6.07, 6.45) is 0.190. The van der Waals surface area contributed by atoms with E-state index >= 15 is 0 Å². The van der Waals surface area contributed by atoms with Crippen molar-refractivity contribution >= 4 is 5.69 Å². The summed E-state index contributed by atoms with van der Waals surface area (Å²) in [5, 5.41) is 15.4. The van der Waals surface area contributed by atoms with Gasteiger partial charge in [0.2, 0.25) is 0 Å². The van der Waals surface area contributed by atoms with Gasteiger partial charge in [-0.1, -0.05) is 5.11 Å². The van der Waals surface area contributed by atoms with Crippen molar-refractivity contribution in [3.05, 3.63) is 37.5 Å². The second-order valence-electron chi connectivity index (χ2n) is 4.28. The van der Waals surface area contributed by atoms with E-state index in [1.807, 2.05) is 0 Å². The Morgan fingerprint density at radius 2 is 2.45 bits per heavy atom. The lowest BCUT2D eigenvalue weighted by atomic mass is 10.1. The Hall–Kier alpha value is -2.29. The van der Waals surface area contributed by atoms with Crippen LogP contribution in [0.15, 0.2) is 20.9 Å². The van der Waals surface area contributed by atoms with Gasteiger partial charge in [0.15, 0.2) is 0 Å². The number of hydrogen-bond acceptors (Lipinski definition) is 6. The van der Waals surface area contributed by atoms with Gasteiger partial charge in [-0.2, -0.15) is 0 Å². The predicted octanol–water partition coefficient (Wildman–Crippen LogP) is -0.463. The number of anilines is 1. The third kappa shape index (κ3) is 2.52. The number of ether oxygens (including phenoxy) is 1. The zero-order valence-corrected chi connectivity index (χ0v) is 10.7. The van der Waals surface area contributed by atoms with Gasteiger partial charge in [-0.05, 0) is 5.53 Å². The maximum atomic E-state index is 11.8. The number of aromatic nitrogens is 2. The molecule has 1 fully saturated rings. The highest BCUT2D eigenvalue weighted by Crippen LogP contribution is 2.29. The standard InChI is InChI=1S/C10H14N6O4/c1-12-6-3-16(10(19)13-9(6)18)8-2-5(14-15-11)7(4-17)20-8/h3,5,7-8,12,17H,2,4H2,1H3,(H,13,18,19)/t5?,7-,8-/m1/s1. The summed E-state index contributed by atoms with van der Waals surface area (Å²) in [4.78, 5) is 28.1. The van der Waals surface area contributed by atoms with Crippen LogP contribution < -0.4 is 16.6 Å². The zero-order chi connectivity index (χ0) is 14.7. The highest BCUT2D eigenvalue weighted by atomic mass is 16.5. The normalized spacial score (nSPS) is 25.2. The summed E-state index contributed by atoms with van der Waals surface area (Å²) in [5.41, 5.74) is 7.52. The Bertz CT molecular complexity index is 646. The van der Waals surface area contributed by atoms with Crippen LogP contribution in [0.25, 0.3) is 10.4 Å². The van der Waals surface area contributed by atoms with Crippen LogP contribution >= 0.6 is 0 Å². The lowest BCUT2D eigenvalue weighted by molar-refractivity contribution is -0.0269. The molecular weight excluding hydrogens is 268 g/mol. The fraction of sp³-hybridized carbons (Fsp3) is 0.600. The highest BCUT2D eigenvalue weighted by molar-refractivity contribution is 5.36. The second kappa shape index (κ2) is 5.78. The van der Waals surface area contributed by atoms with Gasteiger partial charge in [-0.15, -0.1) is 0 Å². The molecule has 2 rings (SSSR count). The van der Waals surface area contributed by atoms with Gasteiger partial charge in [0.05, 0.1) is 18.8 Å². The molecule has 2 heterocycles. The number of aromatic amines is 1. The molecular formula is C10H14N6O4. The molecule has 1 unspecified atom stereocenters. The smallest absolute Gasteiger partial charge is 0.330 e. The van der Waals surface area contributed by atoms with Crippen molar-refractivity contribution < 1.29 is 9.84 Å². The van der Waals surface area contributed by atoms with E-state index in [9.17, 15) is 14.7 Å². The van der Waals surface area contributed by atoms with Gasteiger partial charge in [0.25, 0.3) is 5.56 Å². The molecule has 10 nitrogen and oxygen atoms in total. The Kier molecular flexibility index (Phi) is 4.08. The summed E-state index contributed by atoms with van der Waals surface area (Å²) in [6.45, 7) is -0.322. The van der Waals surface area contributed by atoms with Crippen LogP contribution in [0.2, 0.25) is 0 Å². The van der Waals surface area contributed by atoms with Crippen molar-refractivity contribution in [3.8, 4) is 0 Å². The minimum atomic E-state index is -0.709. The minimum Gasteiger partial charge on any atom is -0.394 e. The first-order valence-electron chi connectivity index (χ1n) is 5.94. The summed E-state index contributed by atoms with van der Waals surface area (Å²) in [7, 11) is 1.55. The fourth-order valence-electron chi connectivity index (χ4n) is 2.12. The van der Waals surface area contributed by atoms with Crippen LogP contribution in [-0.2, 0) is 4.74 Å². The predicted molar refractivity (Wildman–Crippen MR) is 69.4 cm³/mol. The molecule has 0 saturated carbocycles. The van der Waals surface area contributed by atoms with Gasteiger partial charge in [-0.3, -0.25) is 14.3 Å². The van der Waals surface area contributed by atoms with Crippen LogP contribution in [0.1, 0.15) is 12.6 Å². The number of H-pyrrole nitrogens is 1. The van der Waals surface area contributed by atoms with Crippen molar-refractivity contribution in [1.29, 1.82) is 0 Å². The van der Waals surface area contributed by atoms with Crippen molar-refractivity contribution in [2.24, 2.45) is 5.11 Å². The van der Waals surface area contributed by atoms with Gasteiger partial charge < -0.3 is 15.2 Å². The maximum absolute atomic E-state index is 11.8. The molecule has 1 aromatic heterocycles. The SMILES string of the molecule is CNc1cn([C@H]2CC(N=[N+]=[N-])[C@@H](CO)O2)c(=O)[nH]c1=O. The van der Waals surface area contributed by atoms with Crippen LogP contribution in [0.4, 0.5) is 5.69 Å². The molecule has 0 aliphatic carbocycles. The number of hydrogen-bond donors (Lipinski definition) is 3. The molecule has 0 amide bonds. The summed E-state index contributed by atoms with van der Waals surface area (Å²) in [5.74, 6) is 0. The molecule has 3 N–H and O–H groups in total. The Morgan fingerprint density at radius 1 is 1.70 bits per heavy atom. The average molecular weight is 282 g/mol. The molecule has 10 heteroatoms. The second-order valence-corrected chi connectivity index (χ2v) is 4.28. The molecule has 0 radical (unpaired) electrons. The highest BCUT2D eigenvalue weighted by Gasteiger charge is 2.35. The molecule has 0 aromatic carbocycles. The van der Waals surface area contributed by atoms with Crippen molar-refractivity contribution in [2.75, 3.05) is 19.0 Å². The summed E-state index contributed by atoms with van der Waals surface area (Å²) < 4.78 is 6.68. The molecule has 1 saturated heterocycles. The first kappa shape index (κ1) is 14.1. The van der Waals surface area contributed by atoms with Gasteiger partial charge in [0.1, 0.15) is 11.9 Å². The van der Waals surface area contributed by atoms with Gasteiger partial charge >= 0.3 is 5.69 Å². The minimum absolute atomic E-state index is 0.209. The molecule has 108 valence electrons. The van der Waals surface area contributed by atoms with Gasteiger partial charge in [-0.25, -0.2) is 4.79 Å². The maximum Gasteiger partial charge on any atom is 0.330 e. The van der Waals surface area contributed by atoms with Crippen LogP contribution in [0.3, 0.4) is 0 Å². The van der Waals surface area contributed by atoms with E-state index in [1.165, 1.54) is 10.8 Å². The number of nitrogens with zero attached hydrogens (tertiary/aromatic N) is 4. The zero-order valence-electron chi connectivity index (χ0n) is 10.7. The Balaban J connectivity index is 2.36. The first-order chi connectivity index (χ1) is 9.60. The topological polar surface area (TPSA) is 145 Å². The number of azide groups is 1. The largest absolute Gasteiger partial charge is 0.394 e. The van der Waals surface area contributed by atoms with E-state index in [1.54, 1.807) is 7.05 Å². The molecule has 1 aliphatic rings. The van der Waals surface area contributed by atoms with Crippen LogP contribution in [0.5, 0.6) is 0 Å². The third-order valence-corrected chi connectivity index (χ3v) is 3.13. The van der Waals surface area contributed by atoms with Crippen LogP contribution in [-0.4, -0.2) is 40.5 Å². The number of nitrogens with one attached hydrogen (secondary N) is 2. The van der Waals surface area contributed by atoms with E-state index in [2.05, 4.69) is 20.3 Å². The molecule has 0 spiro atoms. The van der Waals surface area contributed by atoms with Gasteiger partial charge in [0, 0.05) is 24.6 Å². The van der Waals surface area contributed by atoms with Crippen molar-refractivity contribution in [1.82, 2.24) is 9.55 Å². The van der Waals surface area contributed by atoms with E-state index < -0.39 is 29.6 Å². The Labute approximate surface area is 112 Å². The third-order valence-electron chi connectivity index (χ3n) is 3.13. The van der Waals surface area contributed by atoms with E-state index in [0.717, 1.165) is 0 Å². The Morgan fingerprint density at radius 3 is 3.05 bits per heavy atom. The molecule has 3 atom stereocenters. The van der Waals surface area contributed by atoms with Crippen LogP contribution in [0, 0.1) is 0 Å². The fourth-order valence-corrected chi connectivity index (χ4v) is 2.12.